The number of hydrogen-bond acceptors (Lipinski definition) is 4. The number of sulfonamides is 1. The summed E-state index contributed by atoms with van der Waals surface area (Å²) in [4.78, 5) is 15.2. The van der Waals surface area contributed by atoms with E-state index in [-0.39, 0.29) is 10.8 Å². The fourth-order valence-corrected chi connectivity index (χ4v) is 6.03. The molecule has 0 atom stereocenters. The molecule has 6 nitrogen and oxygen atoms in total. The second-order valence-electron chi connectivity index (χ2n) is 8.32. The van der Waals surface area contributed by atoms with Gasteiger partial charge in [0.2, 0.25) is 10.0 Å². The van der Waals surface area contributed by atoms with Crippen LogP contribution in [0.5, 0.6) is 0 Å². The monoisotopic (exact) mass is 441 g/mol. The van der Waals surface area contributed by atoms with Gasteiger partial charge >= 0.3 is 0 Å². The third kappa shape index (κ3) is 5.10. The molecule has 0 bridgehead atoms. The summed E-state index contributed by atoms with van der Waals surface area (Å²) in [6.45, 7) is 3.60. The van der Waals surface area contributed by atoms with Crippen molar-refractivity contribution in [1.29, 1.82) is 0 Å². The summed E-state index contributed by atoms with van der Waals surface area (Å²) in [5.74, 6) is -0.227. The SMILES string of the molecule is O=C(NCCCN1CCCc2ccccc21)c1cccc(S(=O)(=O)N2CCCCC2)c1. The van der Waals surface area contributed by atoms with Crippen molar-refractivity contribution >= 4 is 21.6 Å². The van der Waals surface area contributed by atoms with E-state index in [1.165, 1.54) is 21.6 Å². The molecule has 7 heteroatoms. The lowest BCUT2D eigenvalue weighted by atomic mass is 10.0. The average Bonchev–Trinajstić information content (AvgIpc) is 2.82. The van der Waals surface area contributed by atoms with Gasteiger partial charge < -0.3 is 10.2 Å². The first-order valence-corrected chi connectivity index (χ1v) is 12.7. The predicted molar refractivity (Wildman–Crippen MR) is 123 cm³/mol. The first-order valence-electron chi connectivity index (χ1n) is 11.3. The lowest BCUT2D eigenvalue weighted by Crippen LogP contribution is -2.35. The predicted octanol–water partition coefficient (Wildman–Crippen LogP) is 3.43. The Morgan fingerprint density at radius 3 is 2.58 bits per heavy atom. The number of aryl methyl sites for hydroxylation is 1. The van der Waals surface area contributed by atoms with E-state index >= 15 is 0 Å². The normalized spacial score (nSPS) is 17.2. The Hall–Kier alpha value is -2.38. The van der Waals surface area contributed by atoms with Crippen molar-refractivity contribution in [2.24, 2.45) is 0 Å². The number of anilines is 1. The molecule has 1 amide bonds. The van der Waals surface area contributed by atoms with Gasteiger partial charge in [-0.2, -0.15) is 4.31 Å². The molecule has 2 aliphatic rings. The standard InChI is InChI=1S/C24H31N3O3S/c28-24(25-14-8-16-26-15-7-11-20-9-2-3-13-23(20)26)21-10-6-12-22(19-21)31(29,30)27-17-4-1-5-18-27/h2-3,6,9-10,12-13,19H,1,4-5,7-8,11,14-18H2,(H,25,28). The molecule has 2 aliphatic heterocycles. The molecule has 0 aliphatic carbocycles. The molecule has 0 saturated carbocycles. The van der Waals surface area contributed by atoms with Gasteiger partial charge in [0.05, 0.1) is 4.90 Å². The molecule has 4 rings (SSSR count). The maximum atomic E-state index is 12.9. The summed E-state index contributed by atoms with van der Waals surface area (Å²) >= 11 is 0. The van der Waals surface area contributed by atoms with Crippen molar-refractivity contribution in [1.82, 2.24) is 9.62 Å². The highest BCUT2D eigenvalue weighted by Gasteiger charge is 2.26. The van der Waals surface area contributed by atoms with Crippen LogP contribution in [0.2, 0.25) is 0 Å². The van der Waals surface area contributed by atoms with E-state index in [2.05, 4.69) is 34.5 Å². The largest absolute Gasteiger partial charge is 0.371 e. The van der Waals surface area contributed by atoms with Crippen LogP contribution in [0.1, 0.15) is 48.0 Å². The van der Waals surface area contributed by atoms with Crippen LogP contribution in [0.15, 0.2) is 53.4 Å². The van der Waals surface area contributed by atoms with E-state index in [1.54, 1.807) is 18.2 Å². The molecule has 1 N–H and O–H groups in total. The smallest absolute Gasteiger partial charge is 0.251 e. The molecule has 2 aromatic carbocycles. The van der Waals surface area contributed by atoms with Crippen molar-refractivity contribution in [3.8, 4) is 0 Å². The number of para-hydroxylation sites is 1. The number of rotatable bonds is 7. The number of hydrogen-bond donors (Lipinski definition) is 1. The summed E-state index contributed by atoms with van der Waals surface area (Å²) in [6, 6.07) is 14.9. The summed E-state index contributed by atoms with van der Waals surface area (Å²) in [6.07, 6.45) is 5.97. The Morgan fingerprint density at radius 1 is 0.935 bits per heavy atom. The molecule has 31 heavy (non-hydrogen) atoms. The zero-order valence-corrected chi connectivity index (χ0v) is 18.7. The molecule has 1 saturated heterocycles. The van der Waals surface area contributed by atoms with Crippen molar-refractivity contribution in [2.75, 3.05) is 37.6 Å². The summed E-state index contributed by atoms with van der Waals surface area (Å²) in [7, 11) is -3.54. The van der Waals surface area contributed by atoms with E-state index < -0.39 is 10.0 Å². The molecular weight excluding hydrogens is 410 g/mol. The Labute approximate surface area is 185 Å². The lowest BCUT2D eigenvalue weighted by molar-refractivity contribution is 0.0953. The van der Waals surface area contributed by atoms with Gasteiger partial charge in [-0.25, -0.2) is 8.42 Å². The summed E-state index contributed by atoms with van der Waals surface area (Å²) < 4.78 is 27.3. The second-order valence-corrected chi connectivity index (χ2v) is 10.3. The van der Waals surface area contributed by atoms with E-state index in [4.69, 9.17) is 0 Å². The average molecular weight is 442 g/mol. The van der Waals surface area contributed by atoms with Gasteiger partial charge in [-0.05, 0) is 61.9 Å². The van der Waals surface area contributed by atoms with Crippen molar-refractivity contribution < 1.29 is 13.2 Å². The van der Waals surface area contributed by atoms with E-state index in [9.17, 15) is 13.2 Å². The van der Waals surface area contributed by atoms with Gasteiger partial charge in [-0.1, -0.05) is 30.7 Å². The number of nitrogens with one attached hydrogen (secondary N) is 1. The number of carbonyl (C=O) groups is 1. The summed E-state index contributed by atoms with van der Waals surface area (Å²) in [5.41, 5.74) is 3.08. The fourth-order valence-electron chi connectivity index (χ4n) is 4.47. The van der Waals surface area contributed by atoms with Crippen LogP contribution in [0.4, 0.5) is 5.69 Å². The van der Waals surface area contributed by atoms with Crippen molar-refractivity contribution in [3.05, 3.63) is 59.7 Å². The van der Waals surface area contributed by atoms with Crippen LogP contribution < -0.4 is 10.2 Å². The molecule has 1 fully saturated rings. The quantitative estimate of drug-likeness (QED) is 0.669. The van der Waals surface area contributed by atoms with Gasteiger partial charge in [-0.3, -0.25) is 4.79 Å². The number of fused-ring (bicyclic) bond motifs is 1. The highest BCUT2D eigenvalue weighted by Crippen LogP contribution is 2.26. The van der Waals surface area contributed by atoms with E-state index in [1.807, 2.05) is 0 Å². The van der Waals surface area contributed by atoms with Crippen LogP contribution in [0, 0.1) is 0 Å². The third-order valence-electron chi connectivity index (χ3n) is 6.15. The zero-order chi connectivity index (χ0) is 21.7. The van der Waals surface area contributed by atoms with E-state index in [0.717, 1.165) is 51.6 Å². The molecule has 0 radical (unpaired) electrons. The lowest BCUT2D eigenvalue weighted by Gasteiger charge is -2.31. The highest BCUT2D eigenvalue weighted by molar-refractivity contribution is 7.89. The minimum Gasteiger partial charge on any atom is -0.371 e. The third-order valence-corrected chi connectivity index (χ3v) is 8.04. The van der Waals surface area contributed by atoms with E-state index in [0.29, 0.717) is 25.2 Å². The fraction of sp³-hybridized carbons (Fsp3) is 0.458. The van der Waals surface area contributed by atoms with Crippen LogP contribution in [-0.2, 0) is 16.4 Å². The van der Waals surface area contributed by atoms with Crippen LogP contribution in [0.3, 0.4) is 0 Å². The zero-order valence-electron chi connectivity index (χ0n) is 17.9. The Kier molecular flexibility index (Phi) is 6.92. The molecule has 2 heterocycles. The van der Waals surface area contributed by atoms with Crippen LogP contribution in [-0.4, -0.2) is 51.4 Å². The van der Waals surface area contributed by atoms with Crippen LogP contribution >= 0.6 is 0 Å². The molecule has 2 aromatic rings. The van der Waals surface area contributed by atoms with Gasteiger partial charge in [0.15, 0.2) is 0 Å². The van der Waals surface area contributed by atoms with Crippen LogP contribution in [0.25, 0.3) is 0 Å². The van der Waals surface area contributed by atoms with Gasteiger partial charge in [0.1, 0.15) is 0 Å². The van der Waals surface area contributed by atoms with Gasteiger partial charge in [0.25, 0.3) is 5.91 Å². The number of piperidine rings is 1. The van der Waals surface area contributed by atoms with Gasteiger partial charge in [0, 0.05) is 44.0 Å². The molecule has 0 spiro atoms. The number of benzene rings is 2. The first kappa shape index (κ1) is 21.8. The topological polar surface area (TPSA) is 69.7 Å². The highest BCUT2D eigenvalue weighted by atomic mass is 32.2. The molecule has 0 aromatic heterocycles. The van der Waals surface area contributed by atoms with Gasteiger partial charge in [-0.15, -0.1) is 0 Å². The minimum atomic E-state index is -3.54. The minimum absolute atomic E-state index is 0.201. The van der Waals surface area contributed by atoms with Crippen molar-refractivity contribution in [2.45, 2.75) is 43.4 Å². The first-order chi connectivity index (χ1) is 15.1. The summed E-state index contributed by atoms with van der Waals surface area (Å²) in [5, 5.41) is 2.95. The molecule has 0 unspecified atom stereocenters. The number of nitrogens with zero attached hydrogens (tertiary/aromatic N) is 2. The molecule has 166 valence electrons. The Bertz CT molecular complexity index is 1020. The maximum Gasteiger partial charge on any atom is 0.251 e. The maximum absolute atomic E-state index is 12.9. The number of carbonyl (C=O) groups excluding carboxylic acids is 1. The number of amides is 1. The Balaban J connectivity index is 1.32. The second kappa shape index (κ2) is 9.83. The Morgan fingerprint density at radius 2 is 1.74 bits per heavy atom. The van der Waals surface area contributed by atoms with Crippen molar-refractivity contribution in [3.63, 3.8) is 0 Å². The molecular formula is C24H31N3O3S.